The van der Waals surface area contributed by atoms with Crippen LogP contribution in [0.4, 0.5) is 4.39 Å². The van der Waals surface area contributed by atoms with E-state index in [4.69, 9.17) is 10.5 Å². The lowest BCUT2D eigenvalue weighted by atomic mass is 10.2. The summed E-state index contributed by atoms with van der Waals surface area (Å²) in [6, 6.07) is 3.82. The van der Waals surface area contributed by atoms with Crippen LogP contribution in [0.1, 0.15) is 31.2 Å². The summed E-state index contributed by atoms with van der Waals surface area (Å²) in [6.07, 6.45) is 1.52. The maximum Gasteiger partial charge on any atom is 0.220 e. The maximum atomic E-state index is 13.5. The van der Waals surface area contributed by atoms with Crippen LogP contribution in [0.3, 0.4) is 0 Å². The summed E-state index contributed by atoms with van der Waals surface area (Å²) in [5, 5.41) is 2.41. The molecule has 3 N–H and O–H groups in total. The van der Waals surface area contributed by atoms with Gasteiger partial charge in [0.15, 0.2) is 11.6 Å². The van der Waals surface area contributed by atoms with E-state index in [0.29, 0.717) is 19.1 Å². The summed E-state index contributed by atoms with van der Waals surface area (Å²) in [4.78, 5) is 33.0. The molecule has 0 aliphatic carbocycles. The number of unbranched alkanes of at least 4 members (excludes halogenated alkanes) is 1. The van der Waals surface area contributed by atoms with Crippen LogP contribution in [-0.4, -0.2) is 30.7 Å². The highest BCUT2D eigenvalue weighted by molar-refractivity contribution is 5.83. The number of carbonyl (C=O) groups excluding carboxylic acids is 3. The summed E-state index contributed by atoms with van der Waals surface area (Å²) in [5.74, 6) is -1.23. The van der Waals surface area contributed by atoms with Crippen molar-refractivity contribution in [2.75, 3.05) is 6.61 Å². The Morgan fingerprint density at radius 2 is 2.13 bits per heavy atom. The van der Waals surface area contributed by atoms with Gasteiger partial charge < -0.3 is 20.6 Å². The highest BCUT2D eigenvalue weighted by Gasteiger charge is 2.13. The number of carbonyl (C=O) groups is 3. The van der Waals surface area contributed by atoms with Gasteiger partial charge >= 0.3 is 0 Å². The van der Waals surface area contributed by atoms with Gasteiger partial charge in [0.2, 0.25) is 11.8 Å². The lowest BCUT2D eigenvalue weighted by molar-refractivity contribution is -0.125. The van der Waals surface area contributed by atoms with Crippen molar-refractivity contribution in [1.29, 1.82) is 0 Å². The molecule has 7 heteroatoms. The van der Waals surface area contributed by atoms with E-state index in [-0.39, 0.29) is 31.1 Å². The fourth-order valence-corrected chi connectivity index (χ4v) is 1.92. The van der Waals surface area contributed by atoms with E-state index in [0.717, 1.165) is 5.56 Å². The third kappa shape index (κ3) is 7.39. The molecule has 0 heterocycles. The molecule has 0 aliphatic heterocycles. The topological polar surface area (TPSA) is 98.5 Å². The van der Waals surface area contributed by atoms with Crippen molar-refractivity contribution in [3.8, 4) is 5.75 Å². The van der Waals surface area contributed by atoms with E-state index in [1.54, 1.807) is 19.1 Å². The van der Waals surface area contributed by atoms with Gasteiger partial charge in [-0.25, -0.2) is 4.39 Å². The Hall–Kier alpha value is -2.44. The van der Waals surface area contributed by atoms with Gasteiger partial charge in [-0.3, -0.25) is 9.59 Å². The second kappa shape index (κ2) is 9.55. The first-order valence-electron chi connectivity index (χ1n) is 7.34. The molecular weight excluding hydrogens is 303 g/mol. The van der Waals surface area contributed by atoms with E-state index >= 15 is 0 Å². The molecule has 1 atom stereocenters. The molecule has 0 aliphatic rings. The molecular formula is C16H21FN2O4. The molecule has 6 nitrogen and oxygen atoms in total. The summed E-state index contributed by atoms with van der Waals surface area (Å²) in [6.45, 7) is 2.07. The van der Waals surface area contributed by atoms with Crippen LogP contribution in [0, 0.1) is 12.7 Å². The lowest BCUT2D eigenvalue weighted by Gasteiger charge is -2.11. The van der Waals surface area contributed by atoms with Crippen molar-refractivity contribution in [3.63, 3.8) is 0 Å². The third-order valence-corrected chi connectivity index (χ3v) is 3.07. The fraction of sp³-hybridized carbons (Fsp3) is 0.438. The smallest absolute Gasteiger partial charge is 0.220 e. The second-order valence-corrected chi connectivity index (χ2v) is 5.22. The number of hydrogen-bond acceptors (Lipinski definition) is 4. The van der Waals surface area contributed by atoms with E-state index in [2.05, 4.69) is 5.32 Å². The van der Waals surface area contributed by atoms with Gasteiger partial charge in [-0.05, 0) is 37.5 Å². The Kier molecular flexibility index (Phi) is 7.73. The zero-order chi connectivity index (χ0) is 17.2. The minimum atomic E-state index is -0.891. The van der Waals surface area contributed by atoms with Crippen LogP contribution < -0.4 is 15.8 Å². The predicted octanol–water partition coefficient (Wildman–Crippen LogP) is 1.24. The van der Waals surface area contributed by atoms with Gasteiger partial charge in [0.1, 0.15) is 6.29 Å². The summed E-state index contributed by atoms with van der Waals surface area (Å²) < 4.78 is 18.8. The molecule has 0 saturated heterocycles. The number of hydrogen-bond donors (Lipinski definition) is 2. The van der Waals surface area contributed by atoms with Crippen molar-refractivity contribution in [1.82, 2.24) is 5.32 Å². The first-order valence-corrected chi connectivity index (χ1v) is 7.34. The molecule has 1 aromatic carbocycles. The zero-order valence-electron chi connectivity index (χ0n) is 13.0. The lowest BCUT2D eigenvalue weighted by Crippen LogP contribution is -2.38. The highest BCUT2D eigenvalue weighted by Crippen LogP contribution is 2.18. The molecule has 2 amide bonds. The normalized spacial score (nSPS) is 11.6. The van der Waals surface area contributed by atoms with Crippen molar-refractivity contribution in [2.45, 2.75) is 38.6 Å². The Morgan fingerprint density at radius 1 is 1.39 bits per heavy atom. The number of ether oxygens (including phenoxy) is 1. The van der Waals surface area contributed by atoms with Crippen LogP contribution in [0.25, 0.3) is 0 Å². The van der Waals surface area contributed by atoms with Crippen molar-refractivity contribution in [3.05, 3.63) is 29.6 Å². The Morgan fingerprint density at radius 3 is 2.74 bits per heavy atom. The largest absolute Gasteiger partial charge is 0.491 e. The van der Waals surface area contributed by atoms with Crippen molar-refractivity contribution >= 4 is 18.1 Å². The van der Waals surface area contributed by atoms with Gasteiger partial charge in [0.05, 0.1) is 19.1 Å². The summed E-state index contributed by atoms with van der Waals surface area (Å²) in [5.41, 5.74) is 5.78. The second-order valence-electron chi connectivity index (χ2n) is 5.22. The number of aryl methyl sites for hydroxylation is 1. The summed E-state index contributed by atoms with van der Waals surface area (Å²) in [7, 11) is 0. The maximum absolute atomic E-state index is 13.5. The number of aldehydes is 1. The molecule has 0 radical (unpaired) electrons. The van der Waals surface area contributed by atoms with Crippen LogP contribution in [0.5, 0.6) is 5.75 Å². The van der Waals surface area contributed by atoms with E-state index in [9.17, 15) is 18.8 Å². The van der Waals surface area contributed by atoms with Crippen LogP contribution >= 0.6 is 0 Å². The molecule has 126 valence electrons. The van der Waals surface area contributed by atoms with Gasteiger partial charge in [-0.15, -0.1) is 0 Å². The predicted molar refractivity (Wildman–Crippen MR) is 82.3 cm³/mol. The first-order chi connectivity index (χ1) is 10.9. The molecule has 1 unspecified atom stereocenters. The number of halogens is 1. The number of amides is 2. The standard InChI is InChI=1S/C16H21FN2O4/c1-11-5-6-14(13(17)8-11)23-7-3-2-4-16(22)19-12(10-20)9-15(18)21/h5-6,8,10,12H,2-4,7,9H2,1H3,(H2,18,21)(H,19,22). The Bertz CT molecular complexity index is 563. The molecule has 0 bridgehead atoms. The quantitative estimate of drug-likeness (QED) is 0.500. The fourth-order valence-electron chi connectivity index (χ4n) is 1.92. The molecule has 23 heavy (non-hydrogen) atoms. The highest BCUT2D eigenvalue weighted by atomic mass is 19.1. The summed E-state index contributed by atoms with van der Waals surface area (Å²) >= 11 is 0. The van der Waals surface area contributed by atoms with Crippen LogP contribution in [0.15, 0.2) is 18.2 Å². The van der Waals surface area contributed by atoms with E-state index in [1.165, 1.54) is 6.07 Å². The minimum absolute atomic E-state index is 0.183. The monoisotopic (exact) mass is 324 g/mol. The molecule has 0 aromatic heterocycles. The molecule has 0 spiro atoms. The van der Waals surface area contributed by atoms with Gasteiger partial charge in [0.25, 0.3) is 0 Å². The molecule has 0 fully saturated rings. The molecule has 1 rings (SSSR count). The average Bonchev–Trinajstić information content (AvgIpc) is 2.47. The zero-order valence-corrected chi connectivity index (χ0v) is 13.0. The van der Waals surface area contributed by atoms with Crippen LogP contribution in [0.2, 0.25) is 0 Å². The Balaban J connectivity index is 2.22. The van der Waals surface area contributed by atoms with Crippen molar-refractivity contribution in [2.24, 2.45) is 5.73 Å². The number of nitrogens with one attached hydrogen (secondary N) is 1. The molecule has 0 saturated carbocycles. The van der Waals surface area contributed by atoms with Crippen LogP contribution in [-0.2, 0) is 14.4 Å². The number of primary amides is 1. The Labute approximate surface area is 134 Å². The van der Waals surface area contributed by atoms with Gasteiger partial charge in [-0.2, -0.15) is 0 Å². The van der Waals surface area contributed by atoms with Gasteiger partial charge in [-0.1, -0.05) is 6.07 Å². The number of rotatable bonds is 10. The number of nitrogens with two attached hydrogens (primary N) is 1. The van der Waals surface area contributed by atoms with Crippen molar-refractivity contribution < 1.29 is 23.5 Å². The molecule has 1 aromatic rings. The third-order valence-electron chi connectivity index (χ3n) is 3.07. The number of benzene rings is 1. The first kappa shape index (κ1) is 18.6. The van der Waals surface area contributed by atoms with E-state index in [1.807, 2.05) is 0 Å². The SMILES string of the molecule is Cc1ccc(OCCCCC(=O)NC(C=O)CC(N)=O)c(F)c1. The van der Waals surface area contributed by atoms with E-state index < -0.39 is 17.8 Å². The average molecular weight is 324 g/mol. The minimum Gasteiger partial charge on any atom is -0.491 e. The van der Waals surface area contributed by atoms with Gasteiger partial charge in [0, 0.05) is 6.42 Å².